The fourth-order valence-electron chi connectivity index (χ4n) is 2.77. The van der Waals surface area contributed by atoms with Gasteiger partial charge in [-0.1, -0.05) is 30.3 Å². The highest BCUT2D eigenvalue weighted by Crippen LogP contribution is 2.22. The SMILES string of the molecule is Cc1nc(C(=O)N2CCCC2Cc2ccccc2)n[nH]1. The number of aryl methyl sites for hydroxylation is 1. The van der Waals surface area contributed by atoms with E-state index < -0.39 is 0 Å². The van der Waals surface area contributed by atoms with E-state index in [1.165, 1.54) is 5.56 Å². The van der Waals surface area contributed by atoms with Gasteiger partial charge in [0, 0.05) is 12.6 Å². The Labute approximate surface area is 118 Å². The molecule has 3 rings (SSSR count). The maximum atomic E-state index is 12.4. The lowest BCUT2D eigenvalue weighted by Gasteiger charge is -2.23. The Hall–Kier alpha value is -2.17. The van der Waals surface area contributed by atoms with E-state index in [2.05, 4.69) is 27.3 Å². The van der Waals surface area contributed by atoms with Crippen LogP contribution in [-0.2, 0) is 6.42 Å². The molecule has 2 aromatic rings. The van der Waals surface area contributed by atoms with Crippen molar-refractivity contribution in [3.05, 3.63) is 47.5 Å². The van der Waals surface area contributed by atoms with Gasteiger partial charge in [-0.25, -0.2) is 4.98 Å². The van der Waals surface area contributed by atoms with Gasteiger partial charge in [-0.05, 0) is 31.7 Å². The Morgan fingerprint density at radius 2 is 2.20 bits per heavy atom. The lowest BCUT2D eigenvalue weighted by atomic mass is 10.0. The first-order chi connectivity index (χ1) is 9.74. The first-order valence-electron chi connectivity index (χ1n) is 6.98. The number of hydrogen-bond acceptors (Lipinski definition) is 3. The number of nitrogens with zero attached hydrogens (tertiary/aromatic N) is 3. The fraction of sp³-hybridized carbons (Fsp3) is 0.400. The van der Waals surface area contributed by atoms with E-state index >= 15 is 0 Å². The molecule has 1 saturated heterocycles. The van der Waals surface area contributed by atoms with Crippen LogP contribution in [-0.4, -0.2) is 38.6 Å². The molecule has 104 valence electrons. The molecule has 0 bridgehead atoms. The lowest BCUT2D eigenvalue weighted by Crippen LogP contribution is -2.37. The van der Waals surface area contributed by atoms with Crippen molar-refractivity contribution in [1.29, 1.82) is 0 Å². The highest BCUT2D eigenvalue weighted by molar-refractivity contribution is 5.90. The molecule has 1 aliphatic heterocycles. The summed E-state index contributed by atoms with van der Waals surface area (Å²) in [6, 6.07) is 10.6. The zero-order valence-corrected chi connectivity index (χ0v) is 11.5. The number of rotatable bonds is 3. The molecule has 20 heavy (non-hydrogen) atoms. The summed E-state index contributed by atoms with van der Waals surface area (Å²) in [5.74, 6) is 0.891. The lowest BCUT2D eigenvalue weighted by molar-refractivity contribution is 0.0724. The molecule has 1 atom stereocenters. The second kappa shape index (κ2) is 5.45. The van der Waals surface area contributed by atoms with Gasteiger partial charge in [-0.15, -0.1) is 5.10 Å². The van der Waals surface area contributed by atoms with E-state index in [1.54, 1.807) is 6.92 Å². The molecule has 0 radical (unpaired) electrons. The first-order valence-corrected chi connectivity index (χ1v) is 6.98. The first kappa shape index (κ1) is 12.8. The van der Waals surface area contributed by atoms with Crippen LogP contribution in [0.15, 0.2) is 30.3 Å². The molecule has 1 aliphatic rings. The van der Waals surface area contributed by atoms with Gasteiger partial charge in [0.25, 0.3) is 5.91 Å². The van der Waals surface area contributed by atoms with Crippen molar-refractivity contribution in [2.24, 2.45) is 0 Å². The van der Waals surface area contributed by atoms with Gasteiger partial charge >= 0.3 is 0 Å². The predicted octanol–water partition coefficient (Wildman–Crippen LogP) is 1.96. The summed E-state index contributed by atoms with van der Waals surface area (Å²) in [4.78, 5) is 18.5. The third kappa shape index (κ3) is 2.57. The number of aromatic nitrogens is 3. The van der Waals surface area contributed by atoms with Crippen LogP contribution in [0, 0.1) is 6.92 Å². The minimum absolute atomic E-state index is 0.0622. The number of aromatic amines is 1. The molecule has 1 aromatic carbocycles. The molecule has 0 aliphatic carbocycles. The van der Waals surface area contributed by atoms with Gasteiger partial charge in [0.2, 0.25) is 5.82 Å². The molecule has 0 spiro atoms. The largest absolute Gasteiger partial charge is 0.333 e. The van der Waals surface area contributed by atoms with E-state index in [9.17, 15) is 4.79 Å². The quantitative estimate of drug-likeness (QED) is 0.927. The van der Waals surface area contributed by atoms with Crippen molar-refractivity contribution in [3.8, 4) is 0 Å². The minimum Gasteiger partial charge on any atom is -0.333 e. The summed E-state index contributed by atoms with van der Waals surface area (Å²) in [5.41, 5.74) is 1.27. The second-order valence-corrected chi connectivity index (χ2v) is 5.23. The van der Waals surface area contributed by atoms with Crippen LogP contribution in [0.3, 0.4) is 0 Å². The molecule has 5 nitrogen and oxygen atoms in total. The van der Waals surface area contributed by atoms with Gasteiger partial charge in [0.05, 0.1) is 0 Å². The van der Waals surface area contributed by atoms with E-state index in [4.69, 9.17) is 0 Å². The predicted molar refractivity (Wildman–Crippen MR) is 75.3 cm³/mol. The third-order valence-electron chi connectivity index (χ3n) is 3.74. The smallest absolute Gasteiger partial charge is 0.293 e. The Morgan fingerprint density at radius 3 is 2.90 bits per heavy atom. The van der Waals surface area contributed by atoms with Gasteiger partial charge in [-0.3, -0.25) is 9.89 Å². The van der Waals surface area contributed by atoms with Crippen molar-refractivity contribution in [2.75, 3.05) is 6.54 Å². The molecule has 5 heteroatoms. The molecular weight excluding hydrogens is 252 g/mol. The Bertz CT molecular complexity index is 593. The summed E-state index contributed by atoms with van der Waals surface area (Å²) >= 11 is 0. The average molecular weight is 270 g/mol. The zero-order valence-electron chi connectivity index (χ0n) is 11.5. The molecule has 1 amide bonds. The number of likely N-dealkylation sites (tertiary alicyclic amines) is 1. The Morgan fingerprint density at radius 1 is 1.40 bits per heavy atom. The van der Waals surface area contributed by atoms with E-state index in [0.29, 0.717) is 5.82 Å². The Balaban J connectivity index is 1.74. The molecule has 2 heterocycles. The van der Waals surface area contributed by atoms with Gasteiger partial charge < -0.3 is 4.90 Å². The van der Waals surface area contributed by atoms with Crippen LogP contribution in [0.5, 0.6) is 0 Å². The summed E-state index contributed by atoms with van der Waals surface area (Å²) in [7, 11) is 0. The number of hydrogen-bond donors (Lipinski definition) is 1. The standard InChI is InChI=1S/C15H18N4O/c1-11-16-14(18-17-11)15(20)19-9-5-8-13(19)10-12-6-3-2-4-7-12/h2-4,6-7,13H,5,8-10H2,1H3,(H,16,17,18). The number of H-pyrrole nitrogens is 1. The molecule has 0 saturated carbocycles. The normalized spacial score (nSPS) is 18.4. The third-order valence-corrected chi connectivity index (χ3v) is 3.74. The molecule has 1 N–H and O–H groups in total. The molecular formula is C15H18N4O. The number of benzene rings is 1. The number of carbonyl (C=O) groups excluding carboxylic acids is 1. The Kier molecular flexibility index (Phi) is 3.50. The van der Waals surface area contributed by atoms with Crippen molar-refractivity contribution >= 4 is 5.91 Å². The van der Waals surface area contributed by atoms with E-state index in [-0.39, 0.29) is 17.8 Å². The van der Waals surface area contributed by atoms with Crippen molar-refractivity contribution in [2.45, 2.75) is 32.2 Å². The van der Waals surface area contributed by atoms with E-state index in [1.807, 2.05) is 23.1 Å². The highest BCUT2D eigenvalue weighted by atomic mass is 16.2. The van der Waals surface area contributed by atoms with Crippen molar-refractivity contribution < 1.29 is 4.79 Å². The summed E-state index contributed by atoms with van der Waals surface area (Å²) in [6.45, 7) is 2.60. The number of carbonyl (C=O) groups is 1. The van der Waals surface area contributed by atoms with E-state index in [0.717, 1.165) is 25.8 Å². The second-order valence-electron chi connectivity index (χ2n) is 5.23. The topological polar surface area (TPSA) is 61.9 Å². The van der Waals surface area contributed by atoms with Crippen molar-refractivity contribution in [1.82, 2.24) is 20.1 Å². The van der Waals surface area contributed by atoms with Crippen LogP contribution >= 0.6 is 0 Å². The average Bonchev–Trinajstić information content (AvgIpc) is 3.08. The number of amides is 1. The zero-order chi connectivity index (χ0) is 13.9. The molecule has 1 fully saturated rings. The maximum Gasteiger partial charge on any atom is 0.293 e. The molecule has 1 unspecified atom stereocenters. The highest BCUT2D eigenvalue weighted by Gasteiger charge is 2.31. The van der Waals surface area contributed by atoms with Gasteiger partial charge in [0.1, 0.15) is 5.82 Å². The summed E-state index contributed by atoms with van der Waals surface area (Å²) < 4.78 is 0. The van der Waals surface area contributed by atoms with Gasteiger partial charge in [0.15, 0.2) is 0 Å². The summed E-state index contributed by atoms with van der Waals surface area (Å²) in [5, 5.41) is 6.70. The maximum absolute atomic E-state index is 12.4. The van der Waals surface area contributed by atoms with Crippen LogP contribution < -0.4 is 0 Å². The van der Waals surface area contributed by atoms with Crippen LogP contribution in [0.4, 0.5) is 0 Å². The number of nitrogens with one attached hydrogen (secondary N) is 1. The van der Waals surface area contributed by atoms with Gasteiger partial charge in [-0.2, -0.15) is 0 Å². The van der Waals surface area contributed by atoms with Crippen LogP contribution in [0.1, 0.15) is 34.8 Å². The monoisotopic (exact) mass is 270 g/mol. The van der Waals surface area contributed by atoms with Crippen LogP contribution in [0.25, 0.3) is 0 Å². The minimum atomic E-state index is -0.0622. The van der Waals surface area contributed by atoms with Crippen LogP contribution in [0.2, 0.25) is 0 Å². The summed E-state index contributed by atoms with van der Waals surface area (Å²) in [6.07, 6.45) is 2.99. The molecule has 1 aromatic heterocycles. The fourth-order valence-corrected chi connectivity index (χ4v) is 2.77. The van der Waals surface area contributed by atoms with Crippen molar-refractivity contribution in [3.63, 3.8) is 0 Å².